The molecule has 0 amide bonds. The van der Waals surface area contributed by atoms with Gasteiger partial charge in [-0.3, -0.25) is 0 Å². The van der Waals surface area contributed by atoms with Crippen LogP contribution in [0.5, 0.6) is 0 Å². The molecular formula is C13H17Cl2NO. The fourth-order valence-corrected chi connectivity index (χ4v) is 2.73. The Bertz CT molecular complexity index is 387. The maximum Gasteiger partial charge on any atom is 0.0595 e. The van der Waals surface area contributed by atoms with E-state index in [1.54, 1.807) is 0 Å². The summed E-state index contributed by atoms with van der Waals surface area (Å²) < 4.78 is 0. The van der Waals surface area contributed by atoms with Gasteiger partial charge in [0.25, 0.3) is 0 Å². The summed E-state index contributed by atoms with van der Waals surface area (Å²) in [6, 6.07) is 5.66. The molecule has 1 unspecified atom stereocenters. The van der Waals surface area contributed by atoms with Gasteiger partial charge in [0, 0.05) is 12.0 Å². The average molecular weight is 274 g/mol. The number of benzene rings is 1. The fourth-order valence-electron chi connectivity index (χ4n) is 2.43. The minimum atomic E-state index is -0.218. The van der Waals surface area contributed by atoms with Crippen molar-refractivity contribution in [3.05, 3.63) is 33.8 Å². The van der Waals surface area contributed by atoms with E-state index in [2.05, 4.69) is 5.32 Å². The minimum Gasteiger partial charge on any atom is -0.395 e. The highest BCUT2D eigenvalue weighted by atomic mass is 35.5. The summed E-state index contributed by atoms with van der Waals surface area (Å²) in [4.78, 5) is 0. The number of hydrogen-bond acceptors (Lipinski definition) is 2. The van der Waals surface area contributed by atoms with Gasteiger partial charge in [-0.05, 0) is 37.1 Å². The number of hydrogen-bond donors (Lipinski definition) is 2. The first-order valence-corrected chi connectivity index (χ1v) is 6.71. The molecule has 0 saturated carbocycles. The normalized spacial score (nSPS) is 25.6. The molecule has 1 aliphatic heterocycles. The van der Waals surface area contributed by atoms with Gasteiger partial charge >= 0.3 is 0 Å². The van der Waals surface area contributed by atoms with Crippen LogP contribution >= 0.6 is 23.2 Å². The zero-order valence-electron chi connectivity index (χ0n) is 9.68. The molecule has 17 heavy (non-hydrogen) atoms. The standard InChI is InChI=1S/C13H17Cl2NO/c14-11-4-3-10(7-12(11)15)13(9-17)5-1-2-6-16-8-13/h3-4,7,16-17H,1-2,5-6,8-9H2. The molecule has 0 spiro atoms. The van der Waals surface area contributed by atoms with Crippen molar-refractivity contribution in [2.24, 2.45) is 0 Å². The second-order valence-corrected chi connectivity index (χ2v) is 5.52. The van der Waals surface area contributed by atoms with Crippen molar-refractivity contribution in [1.29, 1.82) is 0 Å². The molecule has 2 N–H and O–H groups in total. The van der Waals surface area contributed by atoms with Crippen molar-refractivity contribution >= 4 is 23.2 Å². The van der Waals surface area contributed by atoms with E-state index in [9.17, 15) is 5.11 Å². The maximum atomic E-state index is 9.76. The van der Waals surface area contributed by atoms with Crippen molar-refractivity contribution in [1.82, 2.24) is 5.32 Å². The average Bonchev–Trinajstić information content (AvgIpc) is 2.59. The molecule has 1 heterocycles. The van der Waals surface area contributed by atoms with Gasteiger partial charge in [0.2, 0.25) is 0 Å². The van der Waals surface area contributed by atoms with Crippen LogP contribution in [-0.4, -0.2) is 24.8 Å². The lowest BCUT2D eigenvalue weighted by Crippen LogP contribution is -2.39. The largest absolute Gasteiger partial charge is 0.395 e. The molecule has 4 heteroatoms. The van der Waals surface area contributed by atoms with Crippen LogP contribution < -0.4 is 5.32 Å². The lowest BCUT2D eigenvalue weighted by atomic mass is 9.77. The zero-order chi connectivity index (χ0) is 12.3. The van der Waals surface area contributed by atoms with E-state index in [1.165, 1.54) is 0 Å². The van der Waals surface area contributed by atoms with Gasteiger partial charge < -0.3 is 10.4 Å². The first kappa shape index (κ1) is 13.2. The van der Waals surface area contributed by atoms with Crippen molar-refractivity contribution < 1.29 is 5.11 Å². The Morgan fingerprint density at radius 3 is 2.76 bits per heavy atom. The second kappa shape index (κ2) is 5.57. The number of aliphatic hydroxyl groups is 1. The summed E-state index contributed by atoms with van der Waals surface area (Å²) in [5.74, 6) is 0. The first-order chi connectivity index (χ1) is 8.18. The van der Waals surface area contributed by atoms with Gasteiger partial charge in [-0.1, -0.05) is 35.7 Å². The first-order valence-electron chi connectivity index (χ1n) is 5.95. The van der Waals surface area contributed by atoms with Crippen LogP contribution in [0.4, 0.5) is 0 Å². The molecule has 94 valence electrons. The third-order valence-corrected chi connectivity index (χ3v) is 4.30. The van der Waals surface area contributed by atoms with Crippen LogP contribution in [0.2, 0.25) is 10.0 Å². The Morgan fingerprint density at radius 1 is 1.24 bits per heavy atom. The highest BCUT2D eigenvalue weighted by Gasteiger charge is 2.32. The highest BCUT2D eigenvalue weighted by molar-refractivity contribution is 6.42. The van der Waals surface area contributed by atoms with Crippen LogP contribution in [0.1, 0.15) is 24.8 Å². The summed E-state index contributed by atoms with van der Waals surface area (Å²) in [5, 5.41) is 14.3. The second-order valence-electron chi connectivity index (χ2n) is 4.70. The third-order valence-electron chi connectivity index (χ3n) is 3.56. The Morgan fingerprint density at radius 2 is 2.06 bits per heavy atom. The van der Waals surface area contributed by atoms with Crippen LogP contribution in [0.25, 0.3) is 0 Å². The van der Waals surface area contributed by atoms with E-state index in [1.807, 2.05) is 18.2 Å². The van der Waals surface area contributed by atoms with Gasteiger partial charge in [0.1, 0.15) is 0 Å². The summed E-state index contributed by atoms with van der Waals surface area (Å²) in [5.41, 5.74) is 0.855. The van der Waals surface area contributed by atoms with Crippen LogP contribution in [0.15, 0.2) is 18.2 Å². The SMILES string of the molecule is OCC1(c2ccc(Cl)c(Cl)c2)CCCCNC1. The number of rotatable bonds is 2. The highest BCUT2D eigenvalue weighted by Crippen LogP contribution is 2.34. The van der Waals surface area contributed by atoms with E-state index in [4.69, 9.17) is 23.2 Å². The smallest absolute Gasteiger partial charge is 0.0595 e. The lowest BCUT2D eigenvalue weighted by molar-refractivity contribution is 0.184. The minimum absolute atomic E-state index is 0.137. The molecule has 0 aliphatic carbocycles. The third kappa shape index (κ3) is 2.76. The fraction of sp³-hybridized carbons (Fsp3) is 0.538. The van der Waals surface area contributed by atoms with Crippen LogP contribution in [0.3, 0.4) is 0 Å². The molecule has 1 aromatic rings. The molecule has 2 nitrogen and oxygen atoms in total. The van der Waals surface area contributed by atoms with E-state index in [-0.39, 0.29) is 12.0 Å². The van der Waals surface area contributed by atoms with Gasteiger partial charge in [0.05, 0.1) is 16.7 Å². The molecule has 1 atom stereocenters. The van der Waals surface area contributed by atoms with Crippen molar-refractivity contribution in [3.63, 3.8) is 0 Å². The predicted molar refractivity (Wildman–Crippen MR) is 71.9 cm³/mol. The zero-order valence-corrected chi connectivity index (χ0v) is 11.2. The molecule has 0 aromatic heterocycles. The quantitative estimate of drug-likeness (QED) is 0.869. The van der Waals surface area contributed by atoms with E-state index >= 15 is 0 Å². The van der Waals surface area contributed by atoms with Gasteiger partial charge in [-0.2, -0.15) is 0 Å². The maximum absolute atomic E-state index is 9.76. The molecule has 1 aromatic carbocycles. The van der Waals surface area contributed by atoms with E-state index in [0.717, 1.165) is 37.9 Å². The topological polar surface area (TPSA) is 32.3 Å². The molecule has 2 rings (SSSR count). The molecule has 0 bridgehead atoms. The van der Waals surface area contributed by atoms with Crippen LogP contribution in [-0.2, 0) is 5.41 Å². The number of halogens is 2. The number of aliphatic hydroxyl groups excluding tert-OH is 1. The number of nitrogens with one attached hydrogen (secondary N) is 1. The van der Waals surface area contributed by atoms with Gasteiger partial charge in [-0.25, -0.2) is 0 Å². The van der Waals surface area contributed by atoms with Crippen molar-refractivity contribution in [3.8, 4) is 0 Å². The molecule has 0 radical (unpaired) electrons. The van der Waals surface area contributed by atoms with Crippen molar-refractivity contribution in [2.75, 3.05) is 19.7 Å². The lowest BCUT2D eigenvalue weighted by Gasteiger charge is -2.31. The Labute approximate surface area is 112 Å². The summed E-state index contributed by atoms with van der Waals surface area (Å²) >= 11 is 12.0. The Kier molecular flexibility index (Phi) is 4.31. The molecule has 1 saturated heterocycles. The summed E-state index contributed by atoms with van der Waals surface area (Å²) in [7, 11) is 0. The monoisotopic (exact) mass is 273 g/mol. The van der Waals surface area contributed by atoms with Crippen LogP contribution in [0, 0.1) is 0 Å². The Balaban J connectivity index is 2.35. The van der Waals surface area contributed by atoms with E-state index in [0.29, 0.717) is 10.0 Å². The van der Waals surface area contributed by atoms with Gasteiger partial charge in [0.15, 0.2) is 0 Å². The van der Waals surface area contributed by atoms with Crippen molar-refractivity contribution in [2.45, 2.75) is 24.7 Å². The summed E-state index contributed by atoms with van der Waals surface area (Å²) in [6.07, 6.45) is 3.26. The van der Waals surface area contributed by atoms with Gasteiger partial charge in [-0.15, -0.1) is 0 Å². The van der Waals surface area contributed by atoms with E-state index < -0.39 is 0 Å². The Hall–Kier alpha value is -0.280. The predicted octanol–water partition coefficient (Wildman–Crippen LogP) is 3.00. The summed E-state index contributed by atoms with van der Waals surface area (Å²) in [6.45, 7) is 1.95. The molecule has 1 aliphatic rings. The molecular weight excluding hydrogens is 257 g/mol. The molecule has 1 fully saturated rings.